The number of hydrogen-bond donors (Lipinski definition) is 1. The van der Waals surface area contributed by atoms with Gasteiger partial charge < -0.3 is 4.74 Å². The fourth-order valence-electron chi connectivity index (χ4n) is 2.02. The molecule has 0 bridgehead atoms. The monoisotopic (exact) mass is 342 g/mol. The topological polar surface area (TPSA) is 50.7 Å². The van der Waals surface area contributed by atoms with Crippen LogP contribution < -0.4 is 10.2 Å². The number of rotatable bonds is 5. The van der Waals surface area contributed by atoms with Gasteiger partial charge in [-0.3, -0.25) is 4.79 Å². The lowest BCUT2D eigenvalue weighted by Gasteiger charge is -2.11. The van der Waals surface area contributed by atoms with E-state index in [4.69, 9.17) is 27.9 Å². The van der Waals surface area contributed by atoms with Crippen molar-refractivity contribution in [2.45, 2.75) is 44.6 Å². The Morgan fingerprint density at radius 3 is 2.32 bits per heavy atom. The fraction of sp³-hybridized carbons (Fsp3) is 0.500. The van der Waals surface area contributed by atoms with Crippen LogP contribution in [0, 0.1) is 5.41 Å². The Morgan fingerprint density at radius 1 is 1.32 bits per heavy atom. The van der Waals surface area contributed by atoms with E-state index < -0.39 is 9.75 Å². The van der Waals surface area contributed by atoms with Crippen molar-refractivity contribution >= 4 is 34.8 Å². The molecular weight excluding hydrogens is 323 g/mol. The van der Waals surface area contributed by atoms with E-state index in [1.165, 1.54) is 0 Å². The van der Waals surface area contributed by atoms with Crippen molar-refractivity contribution < 1.29 is 9.53 Å². The molecule has 0 saturated heterocycles. The number of hydrazone groups is 1. The molecule has 1 N–H and O–H groups in total. The minimum absolute atomic E-state index is 0.130. The van der Waals surface area contributed by atoms with Crippen LogP contribution in [0.4, 0.5) is 0 Å². The quantitative estimate of drug-likeness (QED) is 0.501. The third kappa shape index (κ3) is 3.55. The van der Waals surface area contributed by atoms with E-state index in [-0.39, 0.29) is 12.0 Å². The van der Waals surface area contributed by atoms with Crippen LogP contribution in [0.25, 0.3) is 0 Å². The average molecular weight is 343 g/mol. The van der Waals surface area contributed by atoms with Crippen molar-refractivity contribution in [3.63, 3.8) is 0 Å². The predicted octanol–water partition coefficient (Wildman–Crippen LogP) is 3.90. The van der Waals surface area contributed by atoms with Crippen LogP contribution >= 0.6 is 23.2 Å². The number of carbonyl (C=O) groups is 1. The summed E-state index contributed by atoms with van der Waals surface area (Å²) in [7, 11) is 0. The van der Waals surface area contributed by atoms with Crippen molar-refractivity contribution in [3.8, 4) is 5.75 Å². The van der Waals surface area contributed by atoms with Crippen LogP contribution in [0.3, 0.4) is 0 Å². The van der Waals surface area contributed by atoms with E-state index in [9.17, 15) is 4.79 Å². The fourth-order valence-corrected chi connectivity index (χ4v) is 2.72. The van der Waals surface area contributed by atoms with Crippen molar-refractivity contribution in [3.05, 3.63) is 29.8 Å². The first kappa shape index (κ1) is 17.1. The van der Waals surface area contributed by atoms with E-state index in [2.05, 4.69) is 10.5 Å². The van der Waals surface area contributed by atoms with Crippen molar-refractivity contribution in [1.82, 2.24) is 5.43 Å². The summed E-state index contributed by atoms with van der Waals surface area (Å²) in [6, 6.07) is 7.55. The van der Waals surface area contributed by atoms with Gasteiger partial charge in [0, 0.05) is 0 Å². The summed E-state index contributed by atoms with van der Waals surface area (Å²) in [6.07, 6.45) is 0.565. The van der Waals surface area contributed by atoms with Crippen LogP contribution in [0.1, 0.15) is 39.7 Å². The number of nitrogens with zero attached hydrogens (tertiary/aromatic N) is 1. The molecule has 1 fully saturated rings. The van der Waals surface area contributed by atoms with Gasteiger partial charge in [-0.15, -0.1) is 23.2 Å². The van der Waals surface area contributed by atoms with Gasteiger partial charge in [-0.05, 0) is 63.9 Å². The lowest BCUT2D eigenvalue weighted by Crippen LogP contribution is -2.30. The van der Waals surface area contributed by atoms with E-state index in [1.807, 2.05) is 45.0 Å². The third-order valence-corrected chi connectivity index (χ3v) is 4.83. The van der Waals surface area contributed by atoms with Gasteiger partial charge in [0.1, 0.15) is 10.1 Å². The summed E-state index contributed by atoms with van der Waals surface area (Å²) in [5.74, 6) is 0.534. The standard InChI is InChI=1S/C16H20Cl2N2O2/c1-10(2)22-13-7-5-12(6-8-13)11(3)19-20-14(21)15(4)9-16(15,17)18/h5-8,10H,9H2,1-4H3,(H,20,21)/b19-11+. The van der Waals surface area contributed by atoms with Gasteiger partial charge in [0.25, 0.3) is 0 Å². The van der Waals surface area contributed by atoms with Gasteiger partial charge in [0.05, 0.1) is 17.2 Å². The molecule has 0 aromatic heterocycles. The largest absolute Gasteiger partial charge is 0.491 e. The first-order chi connectivity index (χ1) is 10.2. The number of halogens is 2. The highest BCUT2D eigenvalue weighted by molar-refractivity contribution is 6.53. The summed E-state index contributed by atoms with van der Waals surface area (Å²) in [4.78, 5) is 12.0. The molecule has 1 atom stereocenters. The third-order valence-electron chi connectivity index (χ3n) is 3.73. The molecule has 1 saturated carbocycles. The maximum atomic E-state index is 12.0. The maximum Gasteiger partial charge on any atom is 0.249 e. The van der Waals surface area contributed by atoms with Crippen LogP contribution in [-0.2, 0) is 4.79 Å². The van der Waals surface area contributed by atoms with Crippen molar-refractivity contribution in [2.24, 2.45) is 10.5 Å². The molecule has 6 heteroatoms. The number of nitrogens with one attached hydrogen (secondary N) is 1. The van der Waals surface area contributed by atoms with Crippen LogP contribution in [0.15, 0.2) is 29.4 Å². The molecule has 4 nitrogen and oxygen atoms in total. The number of amides is 1. The highest BCUT2D eigenvalue weighted by Crippen LogP contribution is 2.63. The van der Waals surface area contributed by atoms with Gasteiger partial charge in [0.2, 0.25) is 5.91 Å². The van der Waals surface area contributed by atoms with Crippen LogP contribution in [-0.4, -0.2) is 22.1 Å². The predicted molar refractivity (Wildman–Crippen MR) is 89.7 cm³/mol. The lowest BCUT2D eigenvalue weighted by atomic mass is 10.1. The molecule has 1 amide bonds. The SMILES string of the molecule is C/C(=N\NC(=O)C1(C)CC1(Cl)Cl)c1ccc(OC(C)C)cc1. The molecule has 120 valence electrons. The summed E-state index contributed by atoms with van der Waals surface area (Å²) in [6.45, 7) is 7.50. The van der Waals surface area contributed by atoms with Gasteiger partial charge in [-0.1, -0.05) is 0 Å². The maximum absolute atomic E-state index is 12.0. The molecule has 0 radical (unpaired) electrons. The first-order valence-electron chi connectivity index (χ1n) is 7.15. The highest BCUT2D eigenvalue weighted by Gasteiger charge is 2.68. The molecule has 1 aliphatic carbocycles. The number of carbonyl (C=O) groups excluding carboxylic acids is 1. The zero-order valence-electron chi connectivity index (χ0n) is 13.1. The minimum Gasteiger partial charge on any atom is -0.491 e. The van der Waals surface area contributed by atoms with E-state index >= 15 is 0 Å². The molecule has 0 heterocycles. The first-order valence-corrected chi connectivity index (χ1v) is 7.91. The normalized spacial score (nSPS) is 23.3. The zero-order valence-corrected chi connectivity index (χ0v) is 14.6. The summed E-state index contributed by atoms with van der Waals surface area (Å²) in [5.41, 5.74) is 3.37. The van der Waals surface area contributed by atoms with Gasteiger partial charge in [-0.2, -0.15) is 5.10 Å². The summed E-state index contributed by atoms with van der Waals surface area (Å²) in [5, 5.41) is 4.12. The summed E-state index contributed by atoms with van der Waals surface area (Å²) >= 11 is 12.0. The van der Waals surface area contributed by atoms with Crippen LogP contribution in [0.5, 0.6) is 5.75 Å². The Morgan fingerprint density at radius 2 is 1.86 bits per heavy atom. The Labute approximate surface area is 140 Å². The van der Waals surface area contributed by atoms with E-state index in [0.29, 0.717) is 12.1 Å². The minimum atomic E-state index is -0.990. The number of benzene rings is 1. The van der Waals surface area contributed by atoms with Gasteiger partial charge in [-0.25, -0.2) is 5.43 Å². The van der Waals surface area contributed by atoms with E-state index in [1.54, 1.807) is 6.92 Å². The summed E-state index contributed by atoms with van der Waals surface area (Å²) < 4.78 is 4.59. The molecule has 22 heavy (non-hydrogen) atoms. The average Bonchev–Trinajstić information content (AvgIpc) is 2.96. The zero-order chi connectivity index (χ0) is 16.5. The molecule has 2 rings (SSSR count). The molecule has 0 aliphatic heterocycles. The molecule has 1 aliphatic rings. The van der Waals surface area contributed by atoms with Crippen LogP contribution in [0.2, 0.25) is 0 Å². The Balaban J connectivity index is 1.99. The number of hydrogen-bond acceptors (Lipinski definition) is 3. The van der Waals surface area contributed by atoms with Crippen molar-refractivity contribution in [1.29, 1.82) is 0 Å². The smallest absolute Gasteiger partial charge is 0.249 e. The molecule has 1 unspecified atom stereocenters. The van der Waals surface area contributed by atoms with Gasteiger partial charge >= 0.3 is 0 Å². The lowest BCUT2D eigenvalue weighted by molar-refractivity contribution is -0.125. The molecule has 1 aromatic carbocycles. The second-order valence-corrected chi connectivity index (χ2v) is 7.53. The Hall–Kier alpha value is -1.26. The molecule has 0 spiro atoms. The number of alkyl halides is 2. The Bertz CT molecular complexity index is 597. The van der Waals surface area contributed by atoms with Gasteiger partial charge in [0.15, 0.2) is 0 Å². The van der Waals surface area contributed by atoms with Crippen molar-refractivity contribution in [2.75, 3.05) is 0 Å². The second-order valence-electron chi connectivity index (χ2n) is 6.04. The second kappa shape index (κ2) is 6.09. The molecule has 1 aromatic rings. The van der Waals surface area contributed by atoms with E-state index in [0.717, 1.165) is 11.3 Å². The number of ether oxygens (including phenoxy) is 1. The Kier molecular flexibility index (Phi) is 4.73. The molecular formula is C16H20Cl2N2O2. The highest BCUT2D eigenvalue weighted by atomic mass is 35.5.